The monoisotopic (exact) mass is 307 g/mol. The number of aliphatic imine (C=N–C) groups is 1. The van der Waals surface area contributed by atoms with Gasteiger partial charge in [0.2, 0.25) is 0 Å². The highest BCUT2D eigenvalue weighted by molar-refractivity contribution is 5.78. The molecule has 2 nitrogen and oxygen atoms in total. The van der Waals surface area contributed by atoms with Gasteiger partial charge in [0.25, 0.3) is 0 Å². The van der Waals surface area contributed by atoms with Crippen molar-refractivity contribution in [1.29, 1.82) is 0 Å². The number of rotatable bonds is 10. The van der Waals surface area contributed by atoms with Crippen LogP contribution in [0.5, 0.6) is 0 Å². The normalized spacial score (nSPS) is 27.0. The zero-order valence-corrected chi connectivity index (χ0v) is 15.2. The van der Waals surface area contributed by atoms with Crippen molar-refractivity contribution in [3.05, 3.63) is 0 Å². The van der Waals surface area contributed by atoms with Gasteiger partial charge in [-0.3, -0.25) is 0 Å². The molecule has 2 unspecified atom stereocenters. The molecule has 0 aromatic rings. The summed E-state index contributed by atoms with van der Waals surface area (Å²) in [6.07, 6.45) is 16.8. The van der Waals surface area contributed by atoms with Gasteiger partial charge in [-0.1, -0.05) is 71.1 Å². The topological polar surface area (TPSA) is 21.6 Å². The average molecular weight is 308 g/mol. The summed E-state index contributed by atoms with van der Waals surface area (Å²) in [5.74, 6) is 3.11. The minimum absolute atomic E-state index is 0.0192. The number of ether oxygens (including phenoxy) is 1. The fourth-order valence-corrected chi connectivity index (χ4v) is 4.17. The van der Waals surface area contributed by atoms with Gasteiger partial charge in [0, 0.05) is 6.42 Å². The van der Waals surface area contributed by atoms with Crippen LogP contribution in [0.25, 0.3) is 0 Å². The molecule has 1 saturated carbocycles. The lowest BCUT2D eigenvalue weighted by Crippen LogP contribution is -2.17. The first-order valence-electron chi connectivity index (χ1n) is 9.82. The Morgan fingerprint density at radius 1 is 1.00 bits per heavy atom. The van der Waals surface area contributed by atoms with Crippen molar-refractivity contribution in [2.45, 2.75) is 103 Å². The van der Waals surface area contributed by atoms with E-state index in [9.17, 15) is 0 Å². The summed E-state index contributed by atoms with van der Waals surface area (Å²) >= 11 is 0. The first-order chi connectivity index (χ1) is 10.6. The van der Waals surface area contributed by atoms with Gasteiger partial charge in [-0.2, -0.15) is 0 Å². The highest BCUT2D eigenvalue weighted by Gasteiger charge is 2.26. The van der Waals surface area contributed by atoms with E-state index in [1.165, 1.54) is 70.6 Å². The Morgan fingerprint density at radius 3 is 2.32 bits per heavy atom. The molecule has 0 aromatic carbocycles. The Hall–Kier alpha value is -0.530. The first kappa shape index (κ1) is 17.8. The molecule has 0 spiro atoms. The van der Waals surface area contributed by atoms with Gasteiger partial charge in [0.05, 0.1) is 5.54 Å². The summed E-state index contributed by atoms with van der Waals surface area (Å²) < 4.78 is 5.66. The van der Waals surface area contributed by atoms with Crippen LogP contribution in [0.2, 0.25) is 0 Å². The van der Waals surface area contributed by atoms with Crippen LogP contribution in [-0.4, -0.2) is 18.0 Å². The van der Waals surface area contributed by atoms with Crippen LogP contribution >= 0.6 is 0 Å². The predicted octanol–water partition coefficient (Wildman–Crippen LogP) is 6.14. The van der Waals surface area contributed by atoms with E-state index in [1.807, 2.05) is 0 Å². The van der Waals surface area contributed by atoms with Gasteiger partial charge in [-0.15, -0.1) is 0 Å². The van der Waals surface area contributed by atoms with Gasteiger partial charge < -0.3 is 4.74 Å². The molecule has 0 amide bonds. The van der Waals surface area contributed by atoms with Gasteiger partial charge in [-0.25, -0.2) is 4.99 Å². The van der Waals surface area contributed by atoms with Crippen molar-refractivity contribution >= 4 is 5.90 Å². The Morgan fingerprint density at radius 2 is 1.68 bits per heavy atom. The summed E-state index contributed by atoms with van der Waals surface area (Å²) in [6.45, 7) is 7.39. The molecule has 0 radical (unpaired) electrons. The van der Waals surface area contributed by atoms with Crippen molar-refractivity contribution in [3.63, 3.8) is 0 Å². The van der Waals surface area contributed by atoms with Gasteiger partial charge in [0.15, 0.2) is 5.90 Å². The van der Waals surface area contributed by atoms with Crippen LogP contribution in [0, 0.1) is 11.8 Å². The molecule has 1 aliphatic heterocycles. The SMILES string of the molecule is CCCCC1CCCC1CCCCCCC1=NC(C)(C)CO1. The second-order valence-electron chi connectivity index (χ2n) is 8.15. The largest absolute Gasteiger partial charge is 0.478 e. The maximum absolute atomic E-state index is 5.66. The molecule has 0 saturated heterocycles. The van der Waals surface area contributed by atoms with Crippen molar-refractivity contribution in [1.82, 2.24) is 0 Å². The maximum atomic E-state index is 5.66. The van der Waals surface area contributed by atoms with E-state index in [4.69, 9.17) is 4.74 Å². The summed E-state index contributed by atoms with van der Waals surface area (Å²) in [4.78, 5) is 4.63. The van der Waals surface area contributed by atoms with Crippen molar-refractivity contribution in [3.8, 4) is 0 Å². The minimum Gasteiger partial charge on any atom is -0.478 e. The smallest absolute Gasteiger partial charge is 0.183 e. The molecule has 128 valence electrons. The minimum atomic E-state index is 0.0192. The average Bonchev–Trinajstić information content (AvgIpc) is 3.06. The zero-order chi connectivity index (χ0) is 15.8. The molecule has 0 bridgehead atoms. The summed E-state index contributed by atoms with van der Waals surface area (Å²) in [5.41, 5.74) is 0.0192. The van der Waals surface area contributed by atoms with Crippen LogP contribution in [0.3, 0.4) is 0 Å². The zero-order valence-electron chi connectivity index (χ0n) is 15.2. The molecular weight excluding hydrogens is 270 g/mol. The van der Waals surface area contributed by atoms with Gasteiger partial charge >= 0.3 is 0 Å². The maximum Gasteiger partial charge on any atom is 0.183 e. The Bertz CT molecular complexity index is 348. The predicted molar refractivity (Wildman–Crippen MR) is 95.5 cm³/mol. The van der Waals surface area contributed by atoms with E-state index >= 15 is 0 Å². The fourth-order valence-electron chi connectivity index (χ4n) is 4.17. The summed E-state index contributed by atoms with van der Waals surface area (Å²) in [6, 6.07) is 0. The second kappa shape index (κ2) is 8.93. The molecule has 2 rings (SSSR count). The third-order valence-electron chi connectivity index (χ3n) is 5.48. The summed E-state index contributed by atoms with van der Waals surface area (Å²) in [7, 11) is 0. The number of hydrogen-bond donors (Lipinski definition) is 0. The quantitative estimate of drug-likeness (QED) is 0.444. The molecule has 1 aliphatic carbocycles. The van der Waals surface area contributed by atoms with Crippen LogP contribution in [-0.2, 0) is 4.74 Å². The molecule has 2 atom stereocenters. The lowest BCUT2D eigenvalue weighted by molar-refractivity contribution is 0.273. The third-order valence-corrected chi connectivity index (χ3v) is 5.48. The molecule has 1 heterocycles. The highest BCUT2D eigenvalue weighted by atomic mass is 16.5. The van der Waals surface area contributed by atoms with Gasteiger partial charge in [0.1, 0.15) is 6.61 Å². The number of hydrogen-bond acceptors (Lipinski definition) is 2. The molecule has 0 aromatic heterocycles. The lowest BCUT2D eigenvalue weighted by Gasteiger charge is -2.19. The van der Waals surface area contributed by atoms with Crippen molar-refractivity contribution in [2.75, 3.05) is 6.61 Å². The fraction of sp³-hybridized carbons (Fsp3) is 0.950. The van der Waals surface area contributed by atoms with Crippen molar-refractivity contribution in [2.24, 2.45) is 16.8 Å². The number of unbranched alkanes of at least 4 members (excludes halogenated alkanes) is 4. The van der Waals surface area contributed by atoms with E-state index < -0.39 is 0 Å². The van der Waals surface area contributed by atoms with Crippen molar-refractivity contribution < 1.29 is 4.74 Å². The Balaban J connectivity index is 1.50. The van der Waals surface area contributed by atoms with Gasteiger partial charge in [-0.05, 0) is 32.1 Å². The first-order valence-corrected chi connectivity index (χ1v) is 9.82. The van der Waals surface area contributed by atoms with E-state index in [0.717, 1.165) is 30.8 Å². The van der Waals surface area contributed by atoms with Crippen LogP contribution in [0.15, 0.2) is 4.99 Å². The van der Waals surface area contributed by atoms with Crippen LogP contribution in [0.4, 0.5) is 0 Å². The molecule has 2 heteroatoms. The van der Waals surface area contributed by atoms with E-state index in [1.54, 1.807) is 0 Å². The highest BCUT2D eigenvalue weighted by Crippen LogP contribution is 2.38. The molecule has 1 fully saturated rings. The lowest BCUT2D eigenvalue weighted by atomic mass is 9.87. The Kier molecular flexibility index (Phi) is 7.24. The number of nitrogens with zero attached hydrogens (tertiary/aromatic N) is 1. The molecule has 22 heavy (non-hydrogen) atoms. The molecule has 2 aliphatic rings. The summed E-state index contributed by atoms with van der Waals surface area (Å²) in [5, 5.41) is 0. The standard InChI is InChI=1S/C20H37NO/c1-4-5-11-17-13-10-14-18(17)12-8-6-7-9-15-19-21-20(2,3)16-22-19/h17-18H,4-16H2,1-3H3. The third kappa shape index (κ3) is 5.93. The van der Waals surface area contributed by atoms with E-state index in [-0.39, 0.29) is 5.54 Å². The van der Waals surface area contributed by atoms with Crippen LogP contribution < -0.4 is 0 Å². The second-order valence-corrected chi connectivity index (χ2v) is 8.15. The van der Waals surface area contributed by atoms with E-state index in [0.29, 0.717) is 0 Å². The Labute approximate surface area is 138 Å². The van der Waals surface area contributed by atoms with E-state index in [2.05, 4.69) is 25.8 Å². The molecule has 0 N–H and O–H groups in total. The van der Waals surface area contributed by atoms with Crippen LogP contribution in [0.1, 0.15) is 97.8 Å². The molecular formula is C20H37NO.